The fourth-order valence-electron chi connectivity index (χ4n) is 1.65. The minimum atomic E-state index is 0.196. The van der Waals surface area contributed by atoms with Crippen molar-refractivity contribution in [2.75, 3.05) is 6.54 Å². The van der Waals surface area contributed by atoms with Gasteiger partial charge in [0.2, 0.25) is 0 Å². The molecule has 0 aliphatic carbocycles. The summed E-state index contributed by atoms with van der Waals surface area (Å²) in [5.74, 6) is 1.19. The van der Waals surface area contributed by atoms with Crippen molar-refractivity contribution in [3.05, 3.63) is 23.8 Å². The van der Waals surface area contributed by atoms with E-state index in [1.54, 1.807) is 18.2 Å². The molecule has 0 saturated carbocycles. The number of nitrogens with two attached hydrogens (primary N) is 1. The number of fused-ring (bicyclic) bond motifs is 1. The van der Waals surface area contributed by atoms with E-state index in [2.05, 4.69) is 0 Å². The van der Waals surface area contributed by atoms with Gasteiger partial charge in [-0.25, -0.2) is 0 Å². The van der Waals surface area contributed by atoms with E-state index in [9.17, 15) is 5.11 Å². The quantitative estimate of drug-likeness (QED) is 0.713. The highest BCUT2D eigenvalue weighted by molar-refractivity contribution is 5.42. The van der Waals surface area contributed by atoms with Crippen molar-refractivity contribution >= 4 is 0 Å². The Morgan fingerprint density at radius 3 is 3.15 bits per heavy atom. The molecule has 0 spiro atoms. The highest BCUT2D eigenvalue weighted by atomic mass is 16.5. The van der Waals surface area contributed by atoms with Crippen LogP contribution in [0.25, 0.3) is 0 Å². The summed E-state index contributed by atoms with van der Waals surface area (Å²) in [7, 11) is 0. The van der Waals surface area contributed by atoms with Crippen LogP contribution in [0.3, 0.4) is 0 Å². The van der Waals surface area contributed by atoms with Gasteiger partial charge in [0.1, 0.15) is 17.6 Å². The molecule has 1 heterocycles. The zero-order valence-corrected chi connectivity index (χ0v) is 7.36. The van der Waals surface area contributed by atoms with E-state index in [0.29, 0.717) is 12.3 Å². The van der Waals surface area contributed by atoms with Crippen LogP contribution < -0.4 is 10.5 Å². The SMILES string of the molecule is NCCC1Cc2cc(O)ccc2O1. The molecule has 70 valence electrons. The summed E-state index contributed by atoms with van der Waals surface area (Å²) in [4.78, 5) is 0. The van der Waals surface area contributed by atoms with Crippen LogP contribution in [0.15, 0.2) is 18.2 Å². The maximum Gasteiger partial charge on any atom is 0.123 e. The molecular formula is C10H13NO2. The van der Waals surface area contributed by atoms with Gasteiger partial charge in [-0.15, -0.1) is 0 Å². The summed E-state index contributed by atoms with van der Waals surface area (Å²) < 4.78 is 5.61. The molecule has 2 rings (SSSR count). The van der Waals surface area contributed by atoms with Gasteiger partial charge in [-0.2, -0.15) is 0 Å². The first kappa shape index (κ1) is 8.38. The first-order valence-electron chi connectivity index (χ1n) is 4.48. The minimum Gasteiger partial charge on any atom is -0.508 e. The molecular weight excluding hydrogens is 166 g/mol. The van der Waals surface area contributed by atoms with E-state index >= 15 is 0 Å². The third-order valence-corrected chi connectivity index (χ3v) is 2.27. The Kier molecular flexibility index (Phi) is 2.10. The number of rotatable bonds is 2. The second-order valence-electron chi connectivity index (χ2n) is 3.31. The molecule has 1 aromatic carbocycles. The molecule has 3 N–H and O–H groups in total. The van der Waals surface area contributed by atoms with Crippen molar-refractivity contribution < 1.29 is 9.84 Å². The molecule has 1 atom stereocenters. The lowest BCUT2D eigenvalue weighted by atomic mass is 10.1. The summed E-state index contributed by atoms with van der Waals surface area (Å²) in [6, 6.07) is 5.21. The van der Waals surface area contributed by atoms with Crippen LogP contribution in [0.2, 0.25) is 0 Å². The first-order chi connectivity index (χ1) is 6.29. The number of benzene rings is 1. The fourth-order valence-corrected chi connectivity index (χ4v) is 1.65. The van der Waals surface area contributed by atoms with Crippen molar-refractivity contribution in [1.82, 2.24) is 0 Å². The Balaban J connectivity index is 2.16. The molecule has 3 heteroatoms. The monoisotopic (exact) mass is 179 g/mol. The Bertz CT molecular complexity index is 312. The topological polar surface area (TPSA) is 55.5 Å². The molecule has 13 heavy (non-hydrogen) atoms. The Morgan fingerprint density at radius 2 is 2.38 bits per heavy atom. The van der Waals surface area contributed by atoms with Gasteiger partial charge in [0, 0.05) is 12.0 Å². The van der Waals surface area contributed by atoms with Crippen molar-refractivity contribution in [2.45, 2.75) is 18.9 Å². The molecule has 1 unspecified atom stereocenters. The smallest absolute Gasteiger partial charge is 0.123 e. The van der Waals surface area contributed by atoms with Gasteiger partial charge in [0.05, 0.1) is 0 Å². The molecule has 0 aromatic heterocycles. The second kappa shape index (κ2) is 3.26. The molecule has 0 saturated heterocycles. The summed E-state index contributed by atoms with van der Waals surface area (Å²) in [6.45, 7) is 0.643. The van der Waals surface area contributed by atoms with Gasteiger partial charge in [-0.3, -0.25) is 0 Å². The fraction of sp³-hybridized carbons (Fsp3) is 0.400. The first-order valence-corrected chi connectivity index (χ1v) is 4.48. The average Bonchev–Trinajstić information content (AvgIpc) is 2.46. The summed E-state index contributed by atoms with van der Waals surface area (Å²) in [5, 5.41) is 9.23. The van der Waals surface area contributed by atoms with Gasteiger partial charge in [0.25, 0.3) is 0 Å². The lowest BCUT2D eigenvalue weighted by molar-refractivity contribution is 0.224. The minimum absolute atomic E-state index is 0.196. The average molecular weight is 179 g/mol. The summed E-state index contributed by atoms with van der Waals surface area (Å²) in [5.41, 5.74) is 6.53. The molecule has 0 radical (unpaired) electrons. The molecule has 0 fully saturated rings. The predicted molar refractivity (Wildman–Crippen MR) is 49.9 cm³/mol. The molecule has 1 aliphatic heterocycles. The largest absolute Gasteiger partial charge is 0.508 e. The molecule has 3 nitrogen and oxygen atoms in total. The number of aromatic hydroxyl groups is 1. The normalized spacial score (nSPS) is 19.6. The van der Waals surface area contributed by atoms with Gasteiger partial charge in [0.15, 0.2) is 0 Å². The third kappa shape index (κ3) is 1.60. The zero-order valence-electron chi connectivity index (χ0n) is 7.36. The van der Waals surface area contributed by atoms with Crippen molar-refractivity contribution in [3.8, 4) is 11.5 Å². The number of phenols is 1. The highest BCUT2D eigenvalue weighted by Crippen LogP contribution is 2.32. The zero-order chi connectivity index (χ0) is 9.26. The van der Waals surface area contributed by atoms with Crippen LogP contribution in [0.5, 0.6) is 11.5 Å². The van der Waals surface area contributed by atoms with Crippen LogP contribution in [-0.4, -0.2) is 17.8 Å². The molecule has 1 aromatic rings. The Morgan fingerprint density at radius 1 is 1.54 bits per heavy atom. The van der Waals surface area contributed by atoms with Crippen molar-refractivity contribution in [1.29, 1.82) is 0 Å². The van der Waals surface area contributed by atoms with E-state index in [1.807, 2.05) is 0 Å². The third-order valence-electron chi connectivity index (χ3n) is 2.27. The van der Waals surface area contributed by atoms with Gasteiger partial charge >= 0.3 is 0 Å². The van der Waals surface area contributed by atoms with Crippen LogP contribution in [0.1, 0.15) is 12.0 Å². The Labute approximate surface area is 77.1 Å². The summed E-state index contributed by atoms with van der Waals surface area (Å²) >= 11 is 0. The second-order valence-corrected chi connectivity index (χ2v) is 3.31. The highest BCUT2D eigenvalue weighted by Gasteiger charge is 2.21. The van der Waals surface area contributed by atoms with Crippen molar-refractivity contribution in [3.63, 3.8) is 0 Å². The number of hydrogen-bond acceptors (Lipinski definition) is 3. The molecule has 1 aliphatic rings. The van der Waals surface area contributed by atoms with E-state index in [4.69, 9.17) is 10.5 Å². The number of ether oxygens (including phenoxy) is 1. The van der Waals surface area contributed by atoms with E-state index in [0.717, 1.165) is 24.2 Å². The van der Waals surface area contributed by atoms with Gasteiger partial charge < -0.3 is 15.6 Å². The van der Waals surface area contributed by atoms with Gasteiger partial charge in [-0.05, 0) is 31.2 Å². The lowest BCUT2D eigenvalue weighted by Gasteiger charge is -2.07. The van der Waals surface area contributed by atoms with Crippen LogP contribution >= 0.6 is 0 Å². The summed E-state index contributed by atoms with van der Waals surface area (Å²) in [6.07, 6.45) is 1.93. The standard InChI is InChI=1S/C10H13NO2/c11-4-3-9-6-7-5-8(12)1-2-10(7)13-9/h1-2,5,9,12H,3-4,6,11H2. The van der Waals surface area contributed by atoms with E-state index in [1.165, 1.54) is 0 Å². The predicted octanol–water partition coefficient (Wildman–Crippen LogP) is 1.04. The molecule has 0 amide bonds. The number of phenolic OH excluding ortho intramolecular Hbond substituents is 1. The Hall–Kier alpha value is -1.22. The van der Waals surface area contributed by atoms with Crippen molar-refractivity contribution in [2.24, 2.45) is 5.73 Å². The van der Waals surface area contributed by atoms with Gasteiger partial charge in [-0.1, -0.05) is 0 Å². The number of hydrogen-bond donors (Lipinski definition) is 2. The lowest BCUT2D eigenvalue weighted by Crippen LogP contribution is -2.17. The van der Waals surface area contributed by atoms with E-state index < -0.39 is 0 Å². The maximum atomic E-state index is 9.23. The molecule has 0 bridgehead atoms. The van der Waals surface area contributed by atoms with Crippen LogP contribution in [0.4, 0.5) is 0 Å². The van der Waals surface area contributed by atoms with Crippen LogP contribution in [-0.2, 0) is 6.42 Å². The maximum absolute atomic E-state index is 9.23. The van der Waals surface area contributed by atoms with E-state index in [-0.39, 0.29) is 6.10 Å². The van der Waals surface area contributed by atoms with Crippen LogP contribution in [0, 0.1) is 0 Å².